The van der Waals surface area contributed by atoms with Gasteiger partial charge in [-0.3, -0.25) is 9.10 Å². The third-order valence-electron chi connectivity index (χ3n) is 5.76. The summed E-state index contributed by atoms with van der Waals surface area (Å²) < 4.78 is 27.8. The van der Waals surface area contributed by atoms with Crippen LogP contribution in [-0.2, 0) is 21.9 Å². The van der Waals surface area contributed by atoms with Gasteiger partial charge < -0.3 is 5.32 Å². The van der Waals surface area contributed by atoms with Crippen LogP contribution in [0.2, 0.25) is 0 Å². The number of hydrogen-bond donors (Lipinski definition) is 1. The van der Waals surface area contributed by atoms with E-state index in [0.717, 1.165) is 18.4 Å². The molecule has 0 unspecified atom stereocenters. The standard InChI is InChI=1S/C26H28N2O3S/c1-26(2,3)21-13-11-19(12-14-21)25(29)27-22-15-16-24-20(18-22)8-7-17-28(24)32(30,31)23-9-5-4-6-10-23/h4-6,9-16,18H,7-8,17H2,1-3H3,(H,27,29). The maximum absolute atomic E-state index is 13.2. The van der Waals surface area contributed by atoms with Crippen LogP contribution in [0.5, 0.6) is 0 Å². The molecule has 3 aromatic carbocycles. The number of hydrogen-bond acceptors (Lipinski definition) is 3. The summed E-state index contributed by atoms with van der Waals surface area (Å²) >= 11 is 0. The van der Waals surface area contributed by atoms with Crippen LogP contribution in [0, 0.1) is 0 Å². The van der Waals surface area contributed by atoms with Crippen LogP contribution in [0.4, 0.5) is 11.4 Å². The number of amides is 1. The Kier molecular flexibility index (Phi) is 5.82. The third kappa shape index (κ3) is 4.41. The van der Waals surface area contributed by atoms with Crippen LogP contribution in [0.25, 0.3) is 0 Å². The van der Waals surface area contributed by atoms with Crippen molar-refractivity contribution in [2.24, 2.45) is 0 Å². The van der Waals surface area contributed by atoms with Gasteiger partial charge in [-0.05, 0) is 71.8 Å². The molecule has 3 aromatic rings. The number of carbonyl (C=O) groups is 1. The highest BCUT2D eigenvalue weighted by molar-refractivity contribution is 7.92. The minimum Gasteiger partial charge on any atom is -0.322 e. The molecule has 1 N–H and O–H groups in total. The van der Waals surface area contributed by atoms with Crippen LogP contribution < -0.4 is 9.62 Å². The lowest BCUT2D eigenvalue weighted by Gasteiger charge is -2.31. The molecular formula is C26H28N2O3S. The number of carbonyl (C=O) groups excluding carboxylic acids is 1. The molecule has 6 heteroatoms. The van der Waals surface area contributed by atoms with E-state index in [-0.39, 0.29) is 16.2 Å². The molecule has 0 atom stereocenters. The number of aryl methyl sites for hydroxylation is 1. The Balaban J connectivity index is 1.56. The summed E-state index contributed by atoms with van der Waals surface area (Å²) in [4.78, 5) is 13.0. The first kappa shape index (κ1) is 22.1. The summed E-state index contributed by atoms with van der Waals surface area (Å²) in [5.41, 5.74) is 4.03. The quantitative estimate of drug-likeness (QED) is 0.583. The molecule has 0 spiro atoms. The van der Waals surface area contributed by atoms with Crippen molar-refractivity contribution in [2.45, 2.75) is 43.9 Å². The summed E-state index contributed by atoms with van der Waals surface area (Å²) in [6.45, 7) is 6.85. The summed E-state index contributed by atoms with van der Waals surface area (Å²) in [5.74, 6) is -0.185. The highest BCUT2D eigenvalue weighted by Gasteiger charge is 2.29. The lowest BCUT2D eigenvalue weighted by Crippen LogP contribution is -2.35. The predicted octanol–water partition coefficient (Wildman–Crippen LogP) is 5.38. The zero-order valence-corrected chi connectivity index (χ0v) is 19.4. The fourth-order valence-corrected chi connectivity index (χ4v) is 5.50. The maximum atomic E-state index is 13.2. The summed E-state index contributed by atoms with van der Waals surface area (Å²) in [6.07, 6.45) is 1.49. The van der Waals surface area contributed by atoms with Gasteiger partial charge in [0.25, 0.3) is 15.9 Å². The SMILES string of the molecule is CC(C)(C)c1ccc(C(=O)Nc2ccc3c(c2)CCCN3S(=O)(=O)c2ccccc2)cc1. The van der Waals surface area contributed by atoms with Crippen LogP contribution in [-0.4, -0.2) is 20.9 Å². The fraction of sp³-hybridized carbons (Fsp3) is 0.269. The van der Waals surface area contributed by atoms with Gasteiger partial charge in [-0.15, -0.1) is 0 Å². The van der Waals surface area contributed by atoms with E-state index in [1.165, 1.54) is 9.87 Å². The van der Waals surface area contributed by atoms with Crippen molar-refractivity contribution in [1.82, 2.24) is 0 Å². The summed E-state index contributed by atoms with van der Waals surface area (Å²) in [5, 5.41) is 2.94. The predicted molar refractivity (Wildman–Crippen MR) is 129 cm³/mol. The van der Waals surface area contributed by atoms with Crippen molar-refractivity contribution in [1.29, 1.82) is 0 Å². The molecule has 0 saturated heterocycles. The van der Waals surface area contributed by atoms with E-state index in [1.807, 2.05) is 30.3 Å². The molecule has 166 valence electrons. The molecule has 0 aliphatic carbocycles. The van der Waals surface area contributed by atoms with Crippen LogP contribution in [0.1, 0.15) is 48.7 Å². The zero-order valence-electron chi connectivity index (χ0n) is 18.6. The fourth-order valence-electron chi connectivity index (χ4n) is 3.93. The van der Waals surface area contributed by atoms with E-state index in [2.05, 4.69) is 26.1 Å². The Labute approximate surface area is 190 Å². The van der Waals surface area contributed by atoms with E-state index < -0.39 is 10.0 Å². The monoisotopic (exact) mass is 448 g/mol. The van der Waals surface area contributed by atoms with E-state index >= 15 is 0 Å². The smallest absolute Gasteiger partial charge is 0.264 e. The van der Waals surface area contributed by atoms with Crippen molar-refractivity contribution in [3.8, 4) is 0 Å². The van der Waals surface area contributed by atoms with Crippen molar-refractivity contribution >= 4 is 27.3 Å². The van der Waals surface area contributed by atoms with Crippen LogP contribution in [0.15, 0.2) is 77.7 Å². The second-order valence-electron chi connectivity index (χ2n) is 9.12. The average Bonchev–Trinajstić information content (AvgIpc) is 2.78. The van der Waals surface area contributed by atoms with Gasteiger partial charge in [0, 0.05) is 17.8 Å². The molecule has 4 rings (SSSR count). The van der Waals surface area contributed by atoms with Gasteiger partial charge in [0.1, 0.15) is 0 Å². The second kappa shape index (κ2) is 8.43. The second-order valence-corrected chi connectivity index (χ2v) is 11.0. The molecular weight excluding hydrogens is 420 g/mol. The van der Waals surface area contributed by atoms with Gasteiger partial charge in [-0.2, -0.15) is 0 Å². The third-order valence-corrected chi connectivity index (χ3v) is 7.59. The number of nitrogens with zero attached hydrogens (tertiary/aromatic N) is 1. The highest BCUT2D eigenvalue weighted by Crippen LogP contribution is 2.34. The van der Waals surface area contributed by atoms with E-state index in [9.17, 15) is 13.2 Å². The first-order chi connectivity index (χ1) is 15.2. The number of benzene rings is 3. The number of anilines is 2. The molecule has 32 heavy (non-hydrogen) atoms. The molecule has 1 amide bonds. The van der Waals surface area contributed by atoms with Crippen molar-refractivity contribution in [2.75, 3.05) is 16.2 Å². The lowest BCUT2D eigenvalue weighted by atomic mass is 9.87. The van der Waals surface area contributed by atoms with Gasteiger partial charge >= 0.3 is 0 Å². The molecule has 0 bridgehead atoms. The van der Waals surface area contributed by atoms with Gasteiger partial charge in [-0.1, -0.05) is 51.1 Å². The minimum atomic E-state index is -3.62. The van der Waals surface area contributed by atoms with Gasteiger partial charge in [-0.25, -0.2) is 8.42 Å². The van der Waals surface area contributed by atoms with E-state index in [1.54, 1.807) is 42.5 Å². The lowest BCUT2D eigenvalue weighted by molar-refractivity contribution is 0.102. The van der Waals surface area contributed by atoms with Crippen LogP contribution >= 0.6 is 0 Å². The molecule has 1 aliphatic rings. The Morgan fingerprint density at radius 1 is 0.938 bits per heavy atom. The normalized spacial score (nSPS) is 14.0. The van der Waals surface area contributed by atoms with Gasteiger partial charge in [0.2, 0.25) is 0 Å². The zero-order chi connectivity index (χ0) is 22.9. The maximum Gasteiger partial charge on any atom is 0.264 e. The van der Waals surface area contributed by atoms with Crippen molar-refractivity contribution < 1.29 is 13.2 Å². The van der Waals surface area contributed by atoms with E-state index in [0.29, 0.717) is 23.5 Å². The molecule has 0 saturated carbocycles. The summed E-state index contributed by atoms with van der Waals surface area (Å²) in [7, 11) is -3.62. The average molecular weight is 449 g/mol. The Morgan fingerprint density at radius 3 is 2.28 bits per heavy atom. The van der Waals surface area contributed by atoms with Crippen molar-refractivity contribution in [3.05, 3.63) is 89.5 Å². The molecule has 5 nitrogen and oxygen atoms in total. The number of rotatable bonds is 4. The highest BCUT2D eigenvalue weighted by atomic mass is 32.2. The summed E-state index contributed by atoms with van der Waals surface area (Å²) in [6, 6.07) is 21.5. The number of sulfonamides is 1. The molecule has 0 radical (unpaired) electrons. The van der Waals surface area contributed by atoms with Gasteiger partial charge in [0.05, 0.1) is 10.6 Å². The first-order valence-electron chi connectivity index (χ1n) is 10.8. The van der Waals surface area contributed by atoms with Crippen molar-refractivity contribution in [3.63, 3.8) is 0 Å². The number of fused-ring (bicyclic) bond motifs is 1. The Bertz CT molecular complexity index is 1230. The van der Waals surface area contributed by atoms with Gasteiger partial charge in [0.15, 0.2) is 0 Å². The van der Waals surface area contributed by atoms with Crippen LogP contribution in [0.3, 0.4) is 0 Å². The largest absolute Gasteiger partial charge is 0.322 e. The topological polar surface area (TPSA) is 66.5 Å². The number of nitrogens with one attached hydrogen (secondary N) is 1. The molecule has 0 aromatic heterocycles. The Hall–Kier alpha value is -3.12. The minimum absolute atomic E-state index is 0.0272. The molecule has 1 aliphatic heterocycles. The molecule has 1 heterocycles. The first-order valence-corrected chi connectivity index (χ1v) is 12.2. The molecule has 0 fully saturated rings. The Morgan fingerprint density at radius 2 is 1.62 bits per heavy atom. The van der Waals surface area contributed by atoms with E-state index in [4.69, 9.17) is 0 Å².